The summed E-state index contributed by atoms with van der Waals surface area (Å²) in [5.41, 5.74) is 7.27. The number of hydrogen-bond acceptors (Lipinski definition) is 3. The van der Waals surface area contributed by atoms with Gasteiger partial charge in [-0.05, 0) is 17.7 Å². The SMILES string of the molecule is CC(C)(CN)c1ccc(N2C(=O)CNC2=O)cc1. The molecule has 0 aromatic heterocycles. The molecule has 1 fully saturated rings. The van der Waals surface area contributed by atoms with Gasteiger partial charge < -0.3 is 11.1 Å². The van der Waals surface area contributed by atoms with Gasteiger partial charge in [0.1, 0.15) is 0 Å². The third-order valence-electron chi connectivity index (χ3n) is 3.26. The highest BCUT2D eigenvalue weighted by molar-refractivity contribution is 6.19. The molecule has 1 heterocycles. The lowest BCUT2D eigenvalue weighted by Crippen LogP contribution is -2.31. The number of amides is 3. The van der Waals surface area contributed by atoms with Crippen LogP contribution in [0.4, 0.5) is 10.5 Å². The molecule has 1 aliphatic heterocycles. The number of rotatable bonds is 3. The van der Waals surface area contributed by atoms with E-state index in [0.29, 0.717) is 12.2 Å². The number of benzene rings is 1. The van der Waals surface area contributed by atoms with Crippen molar-refractivity contribution in [3.05, 3.63) is 29.8 Å². The summed E-state index contributed by atoms with van der Waals surface area (Å²) in [4.78, 5) is 24.2. The van der Waals surface area contributed by atoms with E-state index in [1.54, 1.807) is 12.1 Å². The second kappa shape index (κ2) is 4.42. The van der Waals surface area contributed by atoms with E-state index in [-0.39, 0.29) is 23.9 Å². The number of imide groups is 1. The van der Waals surface area contributed by atoms with Crippen molar-refractivity contribution in [1.29, 1.82) is 0 Å². The summed E-state index contributed by atoms with van der Waals surface area (Å²) < 4.78 is 0. The van der Waals surface area contributed by atoms with Gasteiger partial charge in [-0.15, -0.1) is 0 Å². The Kier molecular flexibility index (Phi) is 3.09. The minimum atomic E-state index is -0.370. The lowest BCUT2D eigenvalue weighted by Gasteiger charge is -2.23. The normalized spacial score (nSPS) is 16.1. The predicted molar refractivity (Wildman–Crippen MR) is 69.4 cm³/mol. The highest BCUT2D eigenvalue weighted by atomic mass is 16.2. The fraction of sp³-hybridized carbons (Fsp3) is 0.385. The van der Waals surface area contributed by atoms with Crippen molar-refractivity contribution in [1.82, 2.24) is 5.32 Å². The second-order valence-electron chi connectivity index (χ2n) is 5.02. The number of carbonyl (C=O) groups excluding carboxylic acids is 2. The zero-order valence-corrected chi connectivity index (χ0v) is 10.6. The quantitative estimate of drug-likeness (QED) is 0.782. The molecule has 5 heteroatoms. The van der Waals surface area contributed by atoms with Gasteiger partial charge in [-0.3, -0.25) is 4.79 Å². The number of nitrogens with one attached hydrogen (secondary N) is 1. The van der Waals surface area contributed by atoms with Crippen LogP contribution in [-0.2, 0) is 10.2 Å². The van der Waals surface area contributed by atoms with E-state index in [1.807, 2.05) is 12.1 Å². The van der Waals surface area contributed by atoms with Gasteiger partial charge in [0.25, 0.3) is 5.91 Å². The van der Waals surface area contributed by atoms with Gasteiger partial charge in [0, 0.05) is 12.0 Å². The Labute approximate surface area is 106 Å². The highest BCUT2D eigenvalue weighted by Gasteiger charge is 2.30. The molecule has 0 atom stereocenters. The summed E-state index contributed by atoms with van der Waals surface area (Å²) in [5, 5.41) is 2.49. The Morgan fingerprint density at radius 2 is 1.89 bits per heavy atom. The van der Waals surface area contributed by atoms with Gasteiger partial charge in [-0.2, -0.15) is 0 Å². The van der Waals surface area contributed by atoms with Crippen molar-refractivity contribution in [3.8, 4) is 0 Å². The molecule has 3 N–H and O–H groups in total. The lowest BCUT2D eigenvalue weighted by molar-refractivity contribution is -0.115. The van der Waals surface area contributed by atoms with E-state index >= 15 is 0 Å². The maximum atomic E-state index is 11.5. The van der Waals surface area contributed by atoms with Crippen molar-refractivity contribution in [2.75, 3.05) is 18.0 Å². The first kappa shape index (κ1) is 12.6. The molecular weight excluding hydrogens is 230 g/mol. The first-order valence-electron chi connectivity index (χ1n) is 5.87. The fourth-order valence-corrected chi connectivity index (χ4v) is 1.86. The van der Waals surface area contributed by atoms with Gasteiger partial charge in [-0.25, -0.2) is 9.69 Å². The van der Waals surface area contributed by atoms with Crippen LogP contribution in [0.25, 0.3) is 0 Å². The van der Waals surface area contributed by atoms with Gasteiger partial charge in [0.2, 0.25) is 0 Å². The molecular formula is C13H17N3O2. The van der Waals surface area contributed by atoms with Crippen LogP contribution in [0, 0.1) is 0 Å². The summed E-state index contributed by atoms with van der Waals surface area (Å²) in [6.07, 6.45) is 0. The lowest BCUT2D eigenvalue weighted by atomic mass is 9.85. The molecule has 0 spiro atoms. The zero-order valence-electron chi connectivity index (χ0n) is 10.6. The first-order chi connectivity index (χ1) is 8.45. The van der Waals surface area contributed by atoms with Gasteiger partial charge in [0.15, 0.2) is 0 Å². The molecule has 0 saturated carbocycles. The van der Waals surface area contributed by atoms with Crippen molar-refractivity contribution in [3.63, 3.8) is 0 Å². The molecule has 0 radical (unpaired) electrons. The molecule has 5 nitrogen and oxygen atoms in total. The molecule has 1 aromatic rings. The Morgan fingerprint density at radius 1 is 1.28 bits per heavy atom. The van der Waals surface area contributed by atoms with Crippen LogP contribution in [0.2, 0.25) is 0 Å². The van der Waals surface area contributed by atoms with Crippen LogP contribution in [0.1, 0.15) is 19.4 Å². The van der Waals surface area contributed by atoms with Crippen LogP contribution in [0.15, 0.2) is 24.3 Å². The molecule has 1 aromatic carbocycles. The van der Waals surface area contributed by atoms with E-state index in [4.69, 9.17) is 5.73 Å². The number of nitrogens with zero attached hydrogens (tertiary/aromatic N) is 1. The van der Waals surface area contributed by atoms with Crippen molar-refractivity contribution >= 4 is 17.6 Å². The minimum absolute atomic E-state index is 0.0644. The van der Waals surface area contributed by atoms with E-state index in [0.717, 1.165) is 10.5 Å². The molecule has 1 aliphatic rings. The number of anilines is 1. The average Bonchev–Trinajstić information content (AvgIpc) is 2.69. The third kappa shape index (κ3) is 2.09. The first-order valence-corrected chi connectivity index (χ1v) is 5.87. The largest absolute Gasteiger partial charge is 0.330 e. The van der Waals surface area contributed by atoms with Gasteiger partial charge >= 0.3 is 6.03 Å². The number of urea groups is 1. The summed E-state index contributed by atoms with van der Waals surface area (Å²) in [5.74, 6) is -0.231. The molecule has 0 bridgehead atoms. The Bertz CT molecular complexity index is 464. The van der Waals surface area contributed by atoms with E-state index in [1.165, 1.54) is 0 Å². The van der Waals surface area contributed by atoms with Crippen molar-refractivity contribution < 1.29 is 9.59 Å². The molecule has 18 heavy (non-hydrogen) atoms. The van der Waals surface area contributed by atoms with E-state index in [2.05, 4.69) is 19.2 Å². The van der Waals surface area contributed by atoms with Crippen LogP contribution in [0.3, 0.4) is 0 Å². The van der Waals surface area contributed by atoms with E-state index in [9.17, 15) is 9.59 Å². The Balaban J connectivity index is 2.28. The number of hydrogen-bond donors (Lipinski definition) is 2. The third-order valence-corrected chi connectivity index (χ3v) is 3.26. The van der Waals surface area contributed by atoms with Gasteiger partial charge in [0.05, 0.1) is 12.2 Å². The molecule has 1 saturated heterocycles. The van der Waals surface area contributed by atoms with Crippen LogP contribution in [0.5, 0.6) is 0 Å². The van der Waals surface area contributed by atoms with Gasteiger partial charge in [-0.1, -0.05) is 26.0 Å². The van der Waals surface area contributed by atoms with E-state index < -0.39 is 0 Å². The summed E-state index contributed by atoms with van der Waals surface area (Å²) >= 11 is 0. The molecule has 0 unspecified atom stereocenters. The molecule has 2 rings (SSSR count). The molecule has 0 aliphatic carbocycles. The van der Waals surface area contributed by atoms with Crippen molar-refractivity contribution in [2.24, 2.45) is 5.73 Å². The van der Waals surface area contributed by atoms with Crippen molar-refractivity contribution in [2.45, 2.75) is 19.3 Å². The zero-order chi connectivity index (χ0) is 13.3. The maximum absolute atomic E-state index is 11.5. The summed E-state index contributed by atoms with van der Waals surface area (Å²) in [6.45, 7) is 4.70. The minimum Gasteiger partial charge on any atom is -0.330 e. The summed E-state index contributed by atoms with van der Waals surface area (Å²) in [6, 6.07) is 6.98. The molecule has 96 valence electrons. The topological polar surface area (TPSA) is 75.4 Å². The average molecular weight is 247 g/mol. The Hall–Kier alpha value is -1.88. The highest BCUT2D eigenvalue weighted by Crippen LogP contribution is 2.25. The molecule has 3 amide bonds. The maximum Gasteiger partial charge on any atom is 0.329 e. The smallest absolute Gasteiger partial charge is 0.329 e. The Morgan fingerprint density at radius 3 is 2.33 bits per heavy atom. The number of carbonyl (C=O) groups is 2. The second-order valence-corrected chi connectivity index (χ2v) is 5.02. The monoisotopic (exact) mass is 247 g/mol. The standard InChI is InChI=1S/C13H17N3O2/c1-13(2,8-14)9-3-5-10(6-4-9)16-11(17)7-15-12(16)18/h3-6H,7-8,14H2,1-2H3,(H,15,18). The fourth-order valence-electron chi connectivity index (χ4n) is 1.86. The van der Waals surface area contributed by atoms with Crippen LogP contribution < -0.4 is 16.0 Å². The predicted octanol–water partition coefficient (Wildman–Crippen LogP) is 0.979. The summed E-state index contributed by atoms with van der Waals surface area (Å²) in [7, 11) is 0. The van der Waals surface area contributed by atoms with Crippen LogP contribution in [-0.4, -0.2) is 25.0 Å². The van der Waals surface area contributed by atoms with Crippen LogP contribution >= 0.6 is 0 Å². The number of nitrogens with two attached hydrogens (primary N) is 1.